The Morgan fingerprint density at radius 1 is 0.889 bits per heavy atom. The second-order valence-electron chi connectivity index (χ2n) is 1.41. The topological polar surface area (TPSA) is 0 Å². The number of hydrogen-bond donors (Lipinski definition) is 0. The third kappa shape index (κ3) is 3.10. The fourth-order valence-electron chi connectivity index (χ4n) is 0.439. The quantitative estimate of drug-likeness (QED) is 0.548. The number of halogens is 2. The summed E-state index contributed by atoms with van der Waals surface area (Å²) in [5.74, 6) is 0. The Labute approximate surface area is 94.2 Å². The first-order chi connectivity index (χ1) is 3.80. The van der Waals surface area contributed by atoms with Gasteiger partial charge in [-0.05, 0) is 12.1 Å². The van der Waals surface area contributed by atoms with Crippen LogP contribution in [-0.2, 0) is 0 Å². The molecule has 0 aliphatic rings. The van der Waals surface area contributed by atoms with Crippen LogP contribution in [0.15, 0.2) is 24.3 Å². The Morgan fingerprint density at radius 3 is 1.44 bits per heavy atom. The Bertz CT molecular complexity index is 167. The molecule has 0 heterocycles. The van der Waals surface area contributed by atoms with Crippen molar-refractivity contribution in [1.82, 2.24) is 0 Å². The van der Waals surface area contributed by atoms with Crippen LogP contribution in [0.1, 0.15) is 0 Å². The van der Waals surface area contributed by atoms with E-state index in [2.05, 4.69) is 0 Å². The molecule has 1 aromatic rings. The van der Waals surface area contributed by atoms with Gasteiger partial charge in [0.1, 0.15) is 0 Å². The van der Waals surface area contributed by atoms with E-state index < -0.39 is 0 Å². The van der Waals surface area contributed by atoms with E-state index >= 15 is 0 Å². The van der Waals surface area contributed by atoms with Crippen LogP contribution >= 0.6 is 23.2 Å². The van der Waals surface area contributed by atoms with E-state index in [0.29, 0.717) is 10.0 Å². The Balaban J connectivity index is 0.000000640. The van der Waals surface area contributed by atoms with Gasteiger partial charge in [0.05, 0.1) is 10.0 Å². The molecular weight excluding hydrogens is 183 g/mol. The molecule has 0 saturated carbocycles. The van der Waals surface area contributed by atoms with Crippen molar-refractivity contribution in [3.8, 4) is 0 Å². The molecule has 0 unspecified atom stereocenters. The molecule has 0 aliphatic heterocycles. The molecule has 46 valence electrons. The van der Waals surface area contributed by atoms with Crippen LogP contribution in [0.3, 0.4) is 0 Å². The van der Waals surface area contributed by atoms with Gasteiger partial charge in [0, 0.05) is 0 Å². The first-order valence-electron chi connectivity index (χ1n) is 2.21. The second-order valence-corrected chi connectivity index (χ2v) is 2.23. The van der Waals surface area contributed by atoms with Crippen LogP contribution in [-0.4, -0.2) is 37.7 Å². The summed E-state index contributed by atoms with van der Waals surface area (Å²) in [4.78, 5) is 0. The molecule has 0 atom stereocenters. The average molecular weight is 189 g/mol. The molecule has 0 N–H and O–H groups in total. The molecule has 1 rings (SSSR count). The molecule has 0 fully saturated rings. The van der Waals surface area contributed by atoms with E-state index in [1.54, 1.807) is 12.1 Å². The van der Waals surface area contributed by atoms with Crippen molar-refractivity contribution in [3.63, 3.8) is 0 Å². The summed E-state index contributed by atoms with van der Waals surface area (Å²) in [6, 6.07) is 7.19. The van der Waals surface area contributed by atoms with Crippen molar-refractivity contribution in [2.24, 2.45) is 0 Å². The Hall–Kier alpha value is 1.06. The van der Waals surface area contributed by atoms with Crippen molar-refractivity contribution in [2.75, 3.05) is 0 Å². The molecule has 3 heteroatoms. The third-order valence-electron chi connectivity index (χ3n) is 0.824. The van der Waals surface area contributed by atoms with Crippen molar-refractivity contribution in [2.45, 2.75) is 0 Å². The Morgan fingerprint density at radius 2 is 1.22 bits per heavy atom. The van der Waals surface area contributed by atoms with Crippen molar-refractivity contribution in [3.05, 3.63) is 34.3 Å². The first kappa shape index (κ1) is 10.1. The van der Waals surface area contributed by atoms with E-state index in [9.17, 15) is 0 Å². The predicted molar refractivity (Wildman–Crippen MR) is 45.0 cm³/mol. The zero-order chi connectivity index (χ0) is 5.98. The van der Waals surface area contributed by atoms with Crippen molar-refractivity contribution >= 4 is 60.9 Å². The van der Waals surface area contributed by atoms with Crippen LogP contribution in [0.2, 0.25) is 10.0 Å². The SMILES string of the molecule is Clc1ccccc1Cl.[CaH2]. The van der Waals surface area contributed by atoms with E-state index in [0.717, 1.165) is 0 Å². The summed E-state index contributed by atoms with van der Waals surface area (Å²) in [5.41, 5.74) is 0. The van der Waals surface area contributed by atoms with Crippen molar-refractivity contribution < 1.29 is 0 Å². The standard InChI is InChI=1S/C6H4Cl2.Ca.2H/c7-5-3-1-2-4-6(5)8;;;/h1-4H;;;. The summed E-state index contributed by atoms with van der Waals surface area (Å²) in [6.45, 7) is 0. The summed E-state index contributed by atoms with van der Waals surface area (Å²) in [7, 11) is 0. The van der Waals surface area contributed by atoms with Gasteiger partial charge in [-0.25, -0.2) is 0 Å². The van der Waals surface area contributed by atoms with Crippen LogP contribution in [0, 0.1) is 0 Å². The molecule has 0 spiro atoms. The summed E-state index contributed by atoms with van der Waals surface area (Å²) in [5, 5.41) is 1.21. The third-order valence-corrected chi connectivity index (χ3v) is 1.58. The van der Waals surface area contributed by atoms with E-state index in [1.807, 2.05) is 12.1 Å². The molecular formula is C6H6CaCl2. The van der Waals surface area contributed by atoms with Gasteiger partial charge in [0.2, 0.25) is 0 Å². The van der Waals surface area contributed by atoms with Crippen LogP contribution < -0.4 is 0 Å². The normalized spacial score (nSPS) is 8.22. The fourth-order valence-corrected chi connectivity index (χ4v) is 0.711. The predicted octanol–water partition coefficient (Wildman–Crippen LogP) is 2.08. The number of hydrogen-bond acceptors (Lipinski definition) is 0. The maximum absolute atomic E-state index is 5.58. The number of benzene rings is 1. The molecule has 0 saturated heterocycles. The van der Waals surface area contributed by atoms with Crippen LogP contribution in [0.4, 0.5) is 0 Å². The average Bonchev–Trinajstić information content (AvgIpc) is 1.77. The first-order valence-corrected chi connectivity index (χ1v) is 2.96. The zero-order valence-corrected chi connectivity index (χ0v) is 5.58. The molecule has 9 heavy (non-hydrogen) atoms. The second kappa shape index (κ2) is 4.81. The minimum atomic E-state index is 0. The van der Waals surface area contributed by atoms with Gasteiger partial charge in [0.25, 0.3) is 0 Å². The molecule has 0 nitrogen and oxygen atoms in total. The minimum absolute atomic E-state index is 0. The van der Waals surface area contributed by atoms with E-state index in [4.69, 9.17) is 23.2 Å². The fraction of sp³-hybridized carbons (Fsp3) is 0. The van der Waals surface area contributed by atoms with Gasteiger partial charge in [-0.2, -0.15) is 0 Å². The Kier molecular flexibility index (Phi) is 5.38. The molecule has 0 radical (unpaired) electrons. The zero-order valence-electron chi connectivity index (χ0n) is 4.07. The maximum atomic E-state index is 5.58. The summed E-state index contributed by atoms with van der Waals surface area (Å²) < 4.78 is 0. The summed E-state index contributed by atoms with van der Waals surface area (Å²) >= 11 is 11.2. The molecule has 0 amide bonds. The van der Waals surface area contributed by atoms with E-state index in [-0.39, 0.29) is 37.7 Å². The summed E-state index contributed by atoms with van der Waals surface area (Å²) in [6.07, 6.45) is 0. The van der Waals surface area contributed by atoms with Gasteiger partial charge in [-0.3, -0.25) is 0 Å². The van der Waals surface area contributed by atoms with Gasteiger partial charge in [0.15, 0.2) is 0 Å². The van der Waals surface area contributed by atoms with Crippen LogP contribution in [0.25, 0.3) is 0 Å². The van der Waals surface area contributed by atoms with Gasteiger partial charge >= 0.3 is 37.7 Å². The molecule has 0 bridgehead atoms. The van der Waals surface area contributed by atoms with Gasteiger partial charge in [-0.15, -0.1) is 0 Å². The number of rotatable bonds is 0. The monoisotopic (exact) mass is 188 g/mol. The van der Waals surface area contributed by atoms with Gasteiger partial charge in [-0.1, -0.05) is 35.3 Å². The molecule has 1 aromatic carbocycles. The van der Waals surface area contributed by atoms with Crippen molar-refractivity contribution in [1.29, 1.82) is 0 Å². The van der Waals surface area contributed by atoms with Gasteiger partial charge < -0.3 is 0 Å². The molecule has 0 aliphatic carbocycles. The van der Waals surface area contributed by atoms with Crippen LogP contribution in [0.5, 0.6) is 0 Å². The molecule has 0 aromatic heterocycles. The van der Waals surface area contributed by atoms with E-state index in [1.165, 1.54) is 0 Å².